The molecule has 3 aromatic heterocycles. The molecule has 180 valence electrons. The summed E-state index contributed by atoms with van der Waals surface area (Å²) in [5.74, 6) is -0.839. The molecule has 0 unspecified atom stereocenters. The number of aryl methyl sites for hydroxylation is 1. The van der Waals surface area contributed by atoms with E-state index < -0.39 is 17.8 Å². The predicted octanol–water partition coefficient (Wildman–Crippen LogP) is 2.37. The van der Waals surface area contributed by atoms with Crippen LogP contribution in [0, 0.1) is 6.92 Å². The molecular weight excluding hydrogens is 475 g/mol. The van der Waals surface area contributed by atoms with Crippen molar-refractivity contribution < 1.29 is 27.9 Å². The van der Waals surface area contributed by atoms with E-state index in [1.807, 2.05) is 4.90 Å². The fourth-order valence-electron chi connectivity index (χ4n) is 3.40. The van der Waals surface area contributed by atoms with Crippen molar-refractivity contribution in [3.05, 3.63) is 46.9 Å². The van der Waals surface area contributed by atoms with E-state index in [9.17, 15) is 27.9 Å². The Morgan fingerprint density at radius 1 is 1.24 bits per heavy atom. The Labute approximate surface area is 195 Å². The van der Waals surface area contributed by atoms with Crippen LogP contribution in [-0.2, 0) is 17.5 Å². The molecule has 1 aliphatic rings. The van der Waals surface area contributed by atoms with Crippen LogP contribution in [-0.4, -0.2) is 67.7 Å². The first kappa shape index (κ1) is 23.5. The van der Waals surface area contributed by atoms with Crippen molar-refractivity contribution in [3.63, 3.8) is 0 Å². The summed E-state index contributed by atoms with van der Waals surface area (Å²) in [5.41, 5.74) is -0.873. The Bertz CT molecular complexity index is 1200. The quantitative estimate of drug-likeness (QED) is 0.558. The first-order valence-corrected chi connectivity index (χ1v) is 11.0. The van der Waals surface area contributed by atoms with Crippen LogP contribution in [0.15, 0.2) is 29.8 Å². The van der Waals surface area contributed by atoms with Crippen molar-refractivity contribution in [3.8, 4) is 5.75 Å². The van der Waals surface area contributed by atoms with Gasteiger partial charge in [0.25, 0.3) is 5.91 Å². The molecule has 34 heavy (non-hydrogen) atoms. The fraction of sp³-hybridized carbons (Fsp3) is 0.350. The minimum atomic E-state index is -4.56. The average Bonchev–Trinajstić information content (AvgIpc) is 3.41. The number of halogens is 3. The van der Waals surface area contributed by atoms with Crippen LogP contribution in [0.1, 0.15) is 21.9 Å². The minimum absolute atomic E-state index is 0.112. The van der Waals surface area contributed by atoms with Crippen molar-refractivity contribution in [2.24, 2.45) is 0 Å². The van der Waals surface area contributed by atoms with Gasteiger partial charge in [-0.15, -0.1) is 11.3 Å². The summed E-state index contributed by atoms with van der Waals surface area (Å²) in [6.45, 7) is 2.89. The summed E-state index contributed by atoms with van der Waals surface area (Å²) in [7, 11) is 0. The Morgan fingerprint density at radius 3 is 2.62 bits per heavy atom. The van der Waals surface area contributed by atoms with E-state index >= 15 is 0 Å². The first-order chi connectivity index (χ1) is 16.1. The van der Waals surface area contributed by atoms with Gasteiger partial charge in [-0.05, 0) is 25.1 Å². The second-order valence-electron chi connectivity index (χ2n) is 7.53. The molecule has 4 heterocycles. The number of nitrogens with one attached hydrogen (secondary N) is 1. The lowest BCUT2D eigenvalue weighted by molar-refractivity contribution is -0.142. The van der Waals surface area contributed by atoms with E-state index in [1.165, 1.54) is 36.6 Å². The van der Waals surface area contributed by atoms with Gasteiger partial charge in [0, 0.05) is 43.4 Å². The Kier molecular flexibility index (Phi) is 6.41. The van der Waals surface area contributed by atoms with Gasteiger partial charge in [0.15, 0.2) is 16.5 Å². The molecule has 10 nitrogen and oxygen atoms in total. The average molecular weight is 495 g/mol. The normalized spacial score (nSPS) is 14.4. The number of carbonyl (C=O) groups is 2. The number of thiazole rings is 1. The second-order valence-corrected chi connectivity index (χ2v) is 8.37. The fourth-order valence-corrected chi connectivity index (χ4v) is 4.21. The van der Waals surface area contributed by atoms with Gasteiger partial charge < -0.3 is 20.2 Å². The number of anilines is 2. The molecular formula is C20H20F3N7O3S. The Balaban J connectivity index is 1.32. The SMILES string of the molecule is Cc1cc(C(F)(F)F)nn1CC(=O)N1CCN(c2nc(NC(=O)c3ncccc3O)cs2)CC1. The van der Waals surface area contributed by atoms with Crippen LogP contribution >= 0.6 is 11.3 Å². The summed E-state index contributed by atoms with van der Waals surface area (Å²) >= 11 is 1.31. The number of alkyl halides is 3. The molecule has 0 bridgehead atoms. The van der Waals surface area contributed by atoms with E-state index in [-0.39, 0.29) is 29.6 Å². The third kappa shape index (κ3) is 5.11. The van der Waals surface area contributed by atoms with Gasteiger partial charge in [0.05, 0.1) is 0 Å². The van der Waals surface area contributed by atoms with Gasteiger partial charge in [-0.3, -0.25) is 14.3 Å². The molecule has 1 saturated heterocycles. The summed E-state index contributed by atoms with van der Waals surface area (Å²) in [5, 5.41) is 18.1. The summed E-state index contributed by atoms with van der Waals surface area (Å²) in [6.07, 6.45) is -3.17. The standard InChI is InChI=1S/C20H20F3N7O3S/c1-12-9-14(20(21,22)23)27-30(12)10-16(32)28-5-7-29(8-6-28)19-26-15(11-34-19)25-18(33)17-13(31)3-2-4-24-17/h2-4,9,11,31H,5-8,10H2,1H3,(H,25,33). The highest BCUT2D eigenvalue weighted by Crippen LogP contribution is 2.29. The number of hydrogen-bond acceptors (Lipinski definition) is 8. The number of hydrogen-bond donors (Lipinski definition) is 2. The second kappa shape index (κ2) is 9.29. The van der Waals surface area contributed by atoms with E-state index in [2.05, 4.69) is 20.4 Å². The monoisotopic (exact) mass is 495 g/mol. The highest BCUT2D eigenvalue weighted by atomic mass is 32.1. The largest absolute Gasteiger partial charge is 0.505 e. The summed E-state index contributed by atoms with van der Waals surface area (Å²) in [4.78, 5) is 36.6. The lowest BCUT2D eigenvalue weighted by Gasteiger charge is -2.34. The number of carbonyl (C=O) groups excluding carboxylic acids is 2. The topological polar surface area (TPSA) is 116 Å². The molecule has 4 rings (SSSR count). The number of pyridine rings is 1. The van der Waals surface area contributed by atoms with E-state index in [1.54, 1.807) is 10.3 Å². The smallest absolute Gasteiger partial charge is 0.435 e. The van der Waals surface area contributed by atoms with Gasteiger partial charge >= 0.3 is 6.18 Å². The molecule has 1 aliphatic heterocycles. The number of aromatic nitrogens is 4. The molecule has 2 N–H and O–H groups in total. The molecule has 3 aromatic rings. The van der Waals surface area contributed by atoms with Crippen LogP contribution in [0.2, 0.25) is 0 Å². The molecule has 0 spiro atoms. The lowest BCUT2D eigenvalue weighted by atomic mass is 10.3. The number of nitrogens with zero attached hydrogens (tertiary/aromatic N) is 6. The highest BCUT2D eigenvalue weighted by molar-refractivity contribution is 7.14. The van der Waals surface area contributed by atoms with E-state index in [0.29, 0.717) is 37.1 Å². The van der Waals surface area contributed by atoms with Gasteiger partial charge in [-0.1, -0.05) is 0 Å². The molecule has 2 amide bonds. The van der Waals surface area contributed by atoms with Crippen molar-refractivity contribution in [2.75, 3.05) is 36.4 Å². The maximum atomic E-state index is 12.8. The number of aromatic hydroxyl groups is 1. The van der Waals surface area contributed by atoms with E-state index in [0.717, 1.165) is 10.7 Å². The van der Waals surface area contributed by atoms with Gasteiger partial charge in [0.1, 0.15) is 18.1 Å². The Morgan fingerprint density at radius 2 is 1.97 bits per heavy atom. The minimum Gasteiger partial charge on any atom is -0.505 e. The Hall–Kier alpha value is -3.68. The molecule has 14 heteroatoms. The lowest BCUT2D eigenvalue weighted by Crippen LogP contribution is -2.49. The third-order valence-corrected chi connectivity index (χ3v) is 6.10. The predicted molar refractivity (Wildman–Crippen MR) is 117 cm³/mol. The molecule has 1 fully saturated rings. The molecule has 0 atom stereocenters. The zero-order valence-electron chi connectivity index (χ0n) is 17.9. The van der Waals surface area contributed by atoms with Gasteiger partial charge in [-0.2, -0.15) is 18.3 Å². The van der Waals surface area contributed by atoms with Crippen LogP contribution < -0.4 is 10.2 Å². The van der Waals surface area contributed by atoms with Crippen LogP contribution in [0.3, 0.4) is 0 Å². The summed E-state index contributed by atoms with van der Waals surface area (Å²) < 4.78 is 39.6. The summed E-state index contributed by atoms with van der Waals surface area (Å²) in [6, 6.07) is 3.78. The van der Waals surface area contributed by atoms with Gasteiger partial charge in [-0.25, -0.2) is 9.97 Å². The van der Waals surface area contributed by atoms with Crippen LogP contribution in [0.5, 0.6) is 5.75 Å². The van der Waals surface area contributed by atoms with Crippen molar-refractivity contribution >= 4 is 34.1 Å². The number of rotatable bonds is 5. The van der Waals surface area contributed by atoms with Gasteiger partial charge in [0.2, 0.25) is 5.91 Å². The van der Waals surface area contributed by atoms with E-state index in [4.69, 9.17) is 0 Å². The third-order valence-electron chi connectivity index (χ3n) is 5.19. The number of amides is 2. The van der Waals surface area contributed by atoms with Crippen LogP contribution in [0.25, 0.3) is 0 Å². The highest BCUT2D eigenvalue weighted by Gasteiger charge is 2.35. The van der Waals surface area contributed by atoms with Crippen LogP contribution in [0.4, 0.5) is 24.1 Å². The van der Waals surface area contributed by atoms with Crippen molar-refractivity contribution in [1.82, 2.24) is 24.6 Å². The zero-order valence-corrected chi connectivity index (χ0v) is 18.7. The maximum absolute atomic E-state index is 12.8. The van der Waals surface area contributed by atoms with Crippen molar-refractivity contribution in [1.29, 1.82) is 0 Å². The zero-order chi connectivity index (χ0) is 24.5. The molecule has 0 aromatic carbocycles. The molecule has 0 radical (unpaired) electrons. The molecule has 0 saturated carbocycles. The molecule has 0 aliphatic carbocycles. The number of piperazine rings is 1. The maximum Gasteiger partial charge on any atom is 0.435 e. The first-order valence-electron chi connectivity index (χ1n) is 10.2. The van der Waals surface area contributed by atoms with Crippen molar-refractivity contribution in [2.45, 2.75) is 19.6 Å².